The molecule has 0 unspecified atom stereocenters. The summed E-state index contributed by atoms with van der Waals surface area (Å²) in [7, 11) is 0. The third-order valence-corrected chi connectivity index (χ3v) is 3.27. The van der Waals surface area contributed by atoms with E-state index in [1.54, 1.807) is 0 Å². The van der Waals surface area contributed by atoms with E-state index in [1.807, 2.05) is 0 Å². The molecule has 0 saturated carbocycles. The molecule has 1 saturated heterocycles. The van der Waals surface area contributed by atoms with Crippen LogP contribution in [0.25, 0.3) is 0 Å². The molecule has 3 N–H and O–H groups in total. The van der Waals surface area contributed by atoms with Gasteiger partial charge in [-0.15, -0.1) is 0 Å². The minimum absolute atomic E-state index is 0.154. The standard InChI is InChI=1S/C12H24N2O2/c1-12(5-8-16-9-6-12)10-14-11(15)4-2-3-7-13/h2-10,13H2,1H3,(H,14,15). The molecule has 0 radical (unpaired) electrons. The summed E-state index contributed by atoms with van der Waals surface area (Å²) >= 11 is 0. The summed E-state index contributed by atoms with van der Waals surface area (Å²) in [5, 5.41) is 3.02. The van der Waals surface area contributed by atoms with Crippen LogP contribution >= 0.6 is 0 Å². The number of ether oxygens (including phenoxy) is 1. The van der Waals surface area contributed by atoms with Crippen molar-refractivity contribution in [3.8, 4) is 0 Å². The normalized spacial score (nSPS) is 19.4. The first-order valence-electron chi connectivity index (χ1n) is 6.21. The molecule has 1 fully saturated rings. The molecule has 0 aromatic heterocycles. The molecule has 1 rings (SSSR count). The van der Waals surface area contributed by atoms with Gasteiger partial charge in [-0.2, -0.15) is 0 Å². The molecule has 1 heterocycles. The highest BCUT2D eigenvalue weighted by Crippen LogP contribution is 2.28. The van der Waals surface area contributed by atoms with Gasteiger partial charge in [-0.1, -0.05) is 6.92 Å². The van der Waals surface area contributed by atoms with Crippen LogP contribution in [0.3, 0.4) is 0 Å². The Kier molecular flexibility index (Phi) is 5.77. The molecule has 0 aliphatic carbocycles. The van der Waals surface area contributed by atoms with Crippen molar-refractivity contribution in [1.82, 2.24) is 5.32 Å². The largest absolute Gasteiger partial charge is 0.381 e. The maximum Gasteiger partial charge on any atom is 0.220 e. The van der Waals surface area contributed by atoms with E-state index in [1.165, 1.54) is 0 Å². The molecule has 0 spiro atoms. The second-order valence-corrected chi connectivity index (χ2v) is 4.95. The van der Waals surface area contributed by atoms with Crippen molar-refractivity contribution < 1.29 is 9.53 Å². The fourth-order valence-electron chi connectivity index (χ4n) is 1.87. The van der Waals surface area contributed by atoms with Gasteiger partial charge < -0.3 is 15.8 Å². The van der Waals surface area contributed by atoms with E-state index in [9.17, 15) is 4.79 Å². The highest BCUT2D eigenvalue weighted by molar-refractivity contribution is 5.75. The van der Waals surface area contributed by atoms with Crippen LogP contribution in [0.15, 0.2) is 0 Å². The van der Waals surface area contributed by atoms with E-state index in [-0.39, 0.29) is 11.3 Å². The maximum atomic E-state index is 11.5. The first-order valence-corrected chi connectivity index (χ1v) is 6.21. The number of nitrogens with one attached hydrogen (secondary N) is 1. The highest BCUT2D eigenvalue weighted by Gasteiger charge is 2.27. The quantitative estimate of drug-likeness (QED) is 0.668. The lowest BCUT2D eigenvalue weighted by Gasteiger charge is -2.33. The number of nitrogens with two attached hydrogens (primary N) is 1. The lowest BCUT2D eigenvalue weighted by molar-refractivity contribution is -0.122. The van der Waals surface area contributed by atoms with Gasteiger partial charge in [0, 0.05) is 26.2 Å². The zero-order chi connectivity index (χ0) is 11.9. The number of rotatable bonds is 6. The first kappa shape index (κ1) is 13.5. The van der Waals surface area contributed by atoms with Crippen molar-refractivity contribution in [3.63, 3.8) is 0 Å². The van der Waals surface area contributed by atoms with Crippen LogP contribution in [0.2, 0.25) is 0 Å². The Hall–Kier alpha value is -0.610. The highest BCUT2D eigenvalue weighted by atomic mass is 16.5. The number of amides is 1. The molecule has 1 aliphatic heterocycles. The molecule has 16 heavy (non-hydrogen) atoms. The fourth-order valence-corrected chi connectivity index (χ4v) is 1.87. The van der Waals surface area contributed by atoms with Gasteiger partial charge >= 0.3 is 0 Å². The van der Waals surface area contributed by atoms with Gasteiger partial charge in [-0.25, -0.2) is 0 Å². The van der Waals surface area contributed by atoms with Crippen molar-refractivity contribution in [1.29, 1.82) is 0 Å². The summed E-state index contributed by atoms with van der Waals surface area (Å²) in [6, 6.07) is 0. The fraction of sp³-hybridized carbons (Fsp3) is 0.917. The Labute approximate surface area is 97.9 Å². The number of hydrogen-bond acceptors (Lipinski definition) is 3. The second kappa shape index (κ2) is 6.86. The van der Waals surface area contributed by atoms with Crippen molar-refractivity contribution in [2.45, 2.75) is 39.0 Å². The Morgan fingerprint density at radius 2 is 2.06 bits per heavy atom. The Morgan fingerprint density at radius 3 is 2.69 bits per heavy atom. The summed E-state index contributed by atoms with van der Waals surface area (Å²) in [4.78, 5) is 11.5. The molecule has 4 nitrogen and oxygen atoms in total. The van der Waals surface area contributed by atoms with Crippen molar-refractivity contribution in [2.24, 2.45) is 11.1 Å². The zero-order valence-electron chi connectivity index (χ0n) is 10.3. The Morgan fingerprint density at radius 1 is 1.38 bits per heavy atom. The average Bonchev–Trinajstić information content (AvgIpc) is 2.28. The molecule has 0 atom stereocenters. The topological polar surface area (TPSA) is 64.4 Å². The second-order valence-electron chi connectivity index (χ2n) is 4.95. The predicted molar refractivity (Wildman–Crippen MR) is 64.1 cm³/mol. The number of hydrogen-bond donors (Lipinski definition) is 2. The van der Waals surface area contributed by atoms with Gasteiger partial charge in [0.1, 0.15) is 0 Å². The molecule has 0 bridgehead atoms. The Bertz CT molecular complexity index is 213. The molecule has 1 aliphatic rings. The van der Waals surface area contributed by atoms with E-state index >= 15 is 0 Å². The van der Waals surface area contributed by atoms with Gasteiger partial charge in [0.15, 0.2) is 0 Å². The molecular formula is C12H24N2O2. The lowest BCUT2D eigenvalue weighted by atomic mass is 9.82. The van der Waals surface area contributed by atoms with E-state index in [2.05, 4.69) is 12.2 Å². The minimum atomic E-state index is 0.154. The van der Waals surface area contributed by atoms with Crippen LogP contribution in [0.5, 0.6) is 0 Å². The van der Waals surface area contributed by atoms with Crippen LogP contribution in [-0.2, 0) is 9.53 Å². The zero-order valence-corrected chi connectivity index (χ0v) is 10.3. The summed E-state index contributed by atoms with van der Waals surface area (Å²) in [5.74, 6) is 0.154. The van der Waals surface area contributed by atoms with Crippen LogP contribution in [-0.4, -0.2) is 32.2 Å². The van der Waals surface area contributed by atoms with E-state index in [4.69, 9.17) is 10.5 Å². The van der Waals surface area contributed by atoms with Gasteiger partial charge in [0.05, 0.1) is 0 Å². The minimum Gasteiger partial charge on any atom is -0.381 e. The van der Waals surface area contributed by atoms with E-state index < -0.39 is 0 Å². The first-order chi connectivity index (χ1) is 7.66. The molecular weight excluding hydrogens is 204 g/mol. The molecule has 94 valence electrons. The molecule has 1 amide bonds. The summed E-state index contributed by atoms with van der Waals surface area (Å²) < 4.78 is 5.32. The van der Waals surface area contributed by atoms with Crippen LogP contribution in [0, 0.1) is 5.41 Å². The molecule has 0 aromatic carbocycles. The van der Waals surface area contributed by atoms with Crippen molar-refractivity contribution in [2.75, 3.05) is 26.3 Å². The third kappa shape index (κ3) is 4.94. The van der Waals surface area contributed by atoms with Gasteiger partial charge in [0.25, 0.3) is 0 Å². The van der Waals surface area contributed by atoms with Crippen LogP contribution in [0.4, 0.5) is 0 Å². The van der Waals surface area contributed by atoms with Crippen molar-refractivity contribution in [3.05, 3.63) is 0 Å². The number of unbranched alkanes of at least 4 members (excludes halogenated alkanes) is 1. The summed E-state index contributed by atoms with van der Waals surface area (Å²) in [5.41, 5.74) is 5.61. The van der Waals surface area contributed by atoms with Crippen molar-refractivity contribution >= 4 is 5.91 Å². The monoisotopic (exact) mass is 228 g/mol. The van der Waals surface area contributed by atoms with Crippen LogP contribution in [0.1, 0.15) is 39.0 Å². The average molecular weight is 228 g/mol. The maximum absolute atomic E-state index is 11.5. The number of carbonyl (C=O) groups excluding carboxylic acids is 1. The van der Waals surface area contributed by atoms with Gasteiger partial charge in [-0.05, 0) is 37.6 Å². The van der Waals surface area contributed by atoms with Crippen LogP contribution < -0.4 is 11.1 Å². The molecule has 0 aromatic rings. The van der Waals surface area contributed by atoms with Gasteiger partial charge in [0.2, 0.25) is 5.91 Å². The van der Waals surface area contributed by atoms with E-state index in [0.29, 0.717) is 13.0 Å². The lowest BCUT2D eigenvalue weighted by Crippen LogP contribution is -2.39. The Balaban J connectivity index is 2.14. The smallest absolute Gasteiger partial charge is 0.220 e. The predicted octanol–water partition coefficient (Wildman–Crippen LogP) is 1.05. The van der Waals surface area contributed by atoms with Gasteiger partial charge in [-0.3, -0.25) is 4.79 Å². The SMILES string of the molecule is CC1(CNC(=O)CCCCN)CCOCC1. The third-order valence-electron chi connectivity index (χ3n) is 3.27. The van der Waals surface area contributed by atoms with E-state index in [0.717, 1.165) is 45.4 Å². The summed E-state index contributed by atoms with van der Waals surface area (Å²) in [6.45, 7) is 5.30. The molecule has 4 heteroatoms. The summed E-state index contributed by atoms with van der Waals surface area (Å²) in [6.07, 6.45) is 4.50. The number of carbonyl (C=O) groups is 1.